The van der Waals surface area contributed by atoms with Crippen LogP contribution < -0.4 is 0 Å². The Kier molecular flexibility index (Phi) is 14.7. The molecule has 0 radical (unpaired) electrons. The minimum absolute atomic E-state index is 0.00165. The third-order valence-corrected chi connectivity index (χ3v) is 7.23. The maximum absolute atomic E-state index is 12.8. The molecule has 1 aromatic rings. The van der Waals surface area contributed by atoms with Crippen molar-refractivity contribution in [2.45, 2.75) is 140 Å². The number of halogens is 1. The number of hydrogen-bond donors (Lipinski definition) is 1. The number of benzene rings is 1. The molecule has 1 saturated heterocycles. The molecule has 2 nitrogen and oxygen atoms in total. The minimum Gasteiger partial charge on any atom is -0.390 e. The van der Waals surface area contributed by atoms with Gasteiger partial charge < -0.3 is 9.84 Å². The summed E-state index contributed by atoms with van der Waals surface area (Å²) >= 11 is 0. The van der Waals surface area contributed by atoms with Gasteiger partial charge in [-0.3, -0.25) is 0 Å². The molecule has 2 fully saturated rings. The lowest BCUT2D eigenvalue weighted by Gasteiger charge is -2.38. The summed E-state index contributed by atoms with van der Waals surface area (Å²) in [5, 5.41) is 9.77. The van der Waals surface area contributed by atoms with E-state index in [1.165, 1.54) is 24.1 Å². The third-order valence-electron chi connectivity index (χ3n) is 7.23. The average Bonchev–Trinajstić information content (AvgIpc) is 2.84. The monoisotopic (exact) mass is 568 g/mol. The van der Waals surface area contributed by atoms with Gasteiger partial charge in [0.05, 0.1) is 5.60 Å². The first-order valence-corrected chi connectivity index (χ1v) is 15.8. The van der Waals surface area contributed by atoms with Gasteiger partial charge in [-0.15, -0.1) is 0 Å². The summed E-state index contributed by atoms with van der Waals surface area (Å²) in [5.74, 6) is 13.7. The van der Waals surface area contributed by atoms with Crippen molar-refractivity contribution in [3.8, 4) is 23.7 Å². The molecule has 1 N–H and O–H groups in total. The molecule has 1 aliphatic carbocycles. The van der Waals surface area contributed by atoms with Gasteiger partial charge in [-0.05, 0) is 136 Å². The molecule has 0 atom stereocenters. The van der Waals surface area contributed by atoms with Gasteiger partial charge in [0.2, 0.25) is 0 Å². The van der Waals surface area contributed by atoms with Crippen LogP contribution in [0.5, 0.6) is 0 Å². The zero-order valence-electron chi connectivity index (χ0n) is 28.4. The average molecular weight is 569 g/mol. The minimum atomic E-state index is -0.271. The second-order valence-electron chi connectivity index (χ2n) is 16.1. The molecular weight excluding hydrogens is 507 g/mol. The summed E-state index contributed by atoms with van der Waals surface area (Å²) in [6.07, 6.45) is 9.58. The molecule has 2 aliphatic rings. The topological polar surface area (TPSA) is 29.5 Å². The number of aliphatic hydroxyl groups is 1. The van der Waals surface area contributed by atoms with E-state index in [9.17, 15) is 9.50 Å². The highest BCUT2D eigenvalue weighted by Crippen LogP contribution is 2.38. The molecule has 232 valence electrons. The molecule has 0 unspecified atom stereocenters. The first-order chi connectivity index (χ1) is 18.7. The van der Waals surface area contributed by atoms with Crippen LogP contribution in [0, 0.1) is 57.1 Å². The van der Waals surface area contributed by atoms with Gasteiger partial charge in [-0.1, -0.05) is 56.6 Å². The van der Waals surface area contributed by atoms with Gasteiger partial charge in [0.1, 0.15) is 5.82 Å². The Morgan fingerprint density at radius 3 is 1.78 bits per heavy atom. The van der Waals surface area contributed by atoms with E-state index in [0.717, 1.165) is 64.6 Å². The van der Waals surface area contributed by atoms with Crippen LogP contribution in [0.3, 0.4) is 0 Å². The van der Waals surface area contributed by atoms with Crippen LogP contribution in [0.1, 0.15) is 133 Å². The summed E-state index contributed by atoms with van der Waals surface area (Å²) in [6.45, 7) is 25.6. The van der Waals surface area contributed by atoms with Crippen LogP contribution in [0.25, 0.3) is 0 Å². The fraction of sp³-hybridized carbons (Fsp3) is 0.737. The van der Waals surface area contributed by atoms with Crippen LogP contribution in [-0.4, -0.2) is 23.9 Å². The van der Waals surface area contributed by atoms with Gasteiger partial charge in [0.25, 0.3) is 0 Å². The van der Waals surface area contributed by atoms with Crippen LogP contribution in [-0.2, 0) is 11.2 Å². The van der Waals surface area contributed by atoms with Gasteiger partial charge in [0, 0.05) is 35.4 Å². The number of aryl methyl sites for hydroxylation is 1. The predicted octanol–water partition coefficient (Wildman–Crippen LogP) is 10.0. The van der Waals surface area contributed by atoms with Crippen molar-refractivity contribution in [1.82, 2.24) is 0 Å². The summed E-state index contributed by atoms with van der Waals surface area (Å²) in [4.78, 5) is 0. The Balaban J connectivity index is 0.000000320. The van der Waals surface area contributed by atoms with Crippen LogP contribution in [0.4, 0.5) is 4.39 Å². The van der Waals surface area contributed by atoms with Crippen molar-refractivity contribution in [3.63, 3.8) is 0 Å². The molecule has 0 spiro atoms. The van der Waals surface area contributed by atoms with Gasteiger partial charge in [-0.2, -0.15) is 0 Å². The van der Waals surface area contributed by atoms with Crippen molar-refractivity contribution in [3.05, 3.63) is 35.6 Å². The zero-order valence-corrected chi connectivity index (χ0v) is 28.4. The van der Waals surface area contributed by atoms with Gasteiger partial charge in [0.15, 0.2) is 0 Å². The normalized spacial score (nSPS) is 17.2. The molecule has 3 rings (SSSR count). The van der Waals surface area contributed by atoms with Gasteiger partial charge >= 0.3 is 0 Å². The highest BCUT2D eigenvalue weighted by atomic mass is 19.1. The Morgan fingerprint density at radius 1 is 0.805 bits per heavy atom. The summed E-state index contributed by atoms with van der Waals surface area (Å²) in [7, 11) is 0. The molecule has 1 aromatic carbocycles. The van der Waals surface area contributed by atoms with Crippen molar-refractivity contribution in [1.29, 1.82) is 0 Å². The Hall–Kier alpha value is -1.81. The van der Waals surface area contributed by atoms with Crippen molar-refractivity contribution >= 4 is 0 Å². The standard InChI is InChI=1S/C17H23F.C11H18O.C10H20O/c1-16(2,3)12-13-17(4,5)11-10-14-6-8-15(18)9-7-14;1-11(2,3)7-4-10-5-8-12-9-6-10;1-9(2,3)7-8-10(11)5-4-6-10/h6-9H,10-11H2,1-5H3;10H,5-6,8-9H2,1-3H3;11H,4-8H2,1-3H3. The molecule has 1 heterocycles. The Bertz CT molecular complexity index is 997. The molecule has 41 heavy (non-hydrogen) atoms. The molecule has 1 saturated carbocycles. The van der Waals surface area contributed by atoms with Gasteiger partial charge in [-0.25, -0.2) is 4.39 Å². The quantitative estimate of drug-likeness (QED) is 0.358. The largest absolute Gasteiger partial charge is 0.390 e. The molecule has 0 amide bonds. The predicted molar refractivity (Wildman–Crippen MR) is 174 cm³/mol. The fourth-order valence-corrected chi connectivity index (χ4v) is 4.13. The summed E-state index contributed by atoms with van der Waals surface area (Å²) < 4.78 is 18.1. The first kappa shape index (κ1) is 37.2. The van der Waals surface area contributed by atoms with Crippen LogP contribution >= 0.6 is 0 Å². The van der Waals surface area contributed by atoms with Crippen molar-refractivity contribution in [2.24, 2.45) is 27.6 Å². The van der Waals surface area contributed by atoms with E-state index in [2.05, 4.69) is 99.8 Å². The highest BCUT2D eigenvalue weighted by Gasteiger charge is 2.34. The second kappa shape index (κ2) is 16.1. The van der Waals surface area contributed by atoms with E-state index in [0.29, 0.717) is 11.3 Å². The number of rotatable bonds is 5. The Morgan fingerprint density at radius 2 is 1.34 bits per heavy atom. The Labute approximate surface area is 253 Å². The summed E-state index contributed by atoms with van der Waals surface area (Å²) in [5.41, 5.74) is 1.48. The smallest absolute Gasteiger partial charge is 0.123 e. The second-order valence-corrected chi connectivity index (χ2v) is 16.1. The lowest BCUT2D eigenvalue weighted by Crippen LogP contribution is -2.37. The highest BCUT2D eigenvalue weighted by molar-refractivity contribution is 5.19. The third kappa shape index (κ3) is 19.9. The SMILES string of the molecule is CC(C)(C)C#CC(C)(C)CCc1ccc(F)cc1.CC(C)(C)C#CC1CCOCC1.CC(C)(C)CCC1(O)CCC1. The number of hydrogen-bond acceptors (Lipinski definition) is 2. The number of ether oxygens (including phenoxy) is 1. The molecule has 0 bridgehead atoms. The van der Waals surface area contributed by atoms with Crippen LogP contribution in [0.2, 0.25) is 0 Å². The zero-order chi connectivity index (χ0) is 31.4. The lowest BCUT2D eigenvalue weighted by molar-refractivity contribution is -0.0474. The van der Waals surface area contributed by atoms with Crippen molar-refractivity contribution < 1.29 is 14.2 Å². The molecule has 1 aliphatic heterocycles. The first-order valence-electron chi connectivity index (χ1n) is 15.8. The van der Waals surface area contributed by atoms with Crippen LogP contribution in [0.15, 0.2) is 24.3 Å². The maximum atomic E-state index is 12.8. The van der Waals surface area contributed by atoms with Crippen molar-refractivity contribution in [2.75, 3.05) is 13.2 Å². The van der Waals surface area contributed by atoms with E-state index in [4.69, 9.17) is 4.74 Å². The molecule has 3 heteroatoms. The summed E-state index contributed by atoms with van der Waals surface area (Å²) in [6, 6.07) is 6.73. The van der Waals surface area contributed by atoms with E-state index < -0.39 is 0 Å². The van der Waals surface area contributed by atoms with E-state index in [-0.39, 0.29) is 27.7 Å². The lowest BCUT2D eigenvalue weighted by atomic mass is 9.74. The maximum Gasteiger partial charge on any atom is 0.123 e. The fourth-order valence-electron chi connectivity index (χ4n) is 4.13. The van der Waals surface area contributed by atoms with E-state index in [1.807, 2.05) is 12.1 Å². The molecular formula is C38H61FO2. The van der Waals surface area contributed by atoms with E-state index >= 15 is 0 Å². The van der Waals surface area contributed by atoms with E-state index in [1.54, 1.807) is 0 Å². The molecule has 0 aromatic heterocycles.